The maximum Gasteiger partial charge on any atom is 0.133 e. The number of ether oxygens (including phenoxy) is 2. The van der Waals surface area contributed by atoms with Crippen LogP contribution in [0.25, 0.3) is 0 Å². The number of methoxy groups -OCH3 is 2. The molecule has 0 aliphatic rings. The SMILES string of the molecule is COc1ccc(CC(N)c2cc(C)ccc2OC)cc1Br. The molecule has 1 unspecified atom stereocenters. The second kappa shape index (κ2) is 6.96. The van der Waals surface area contributed by atoms with Crippen molar-refractivity contribution in [3.8, 4) is 11.5 Å². The minimum absolute atomic E-state index is 0.111. The number of rotatable bonds is 5. The number of benzene rings is 2. The molecule has 2 aromatic carbocycles. The zero-order valence-corrected chi connectivity index (χ0v) is 14.1. The number of aryl methyl sites for hydroxylation is 1. The lowest BCUT2D eigenvalue weighted by Gasteiger charge is -2.17. The lowest BCUT2D eigenvalue weighted by molar-refractivity contribution is 0.405. The maximum absolute atomic E-state index is 6.37. The standard InChI is InChI=1S/C17H20BrNO2/c1-11-4-6-16(20-2)13(8-11)15(19)10-12-5-7-17(21-3)14(18)9-12/h4-9,15H,10,19H2,1-3H3. The Bertz CT molecular complexity index is 628. The lowest BCUT2D eigenvalue weighted by Crippen LogP contribution is -2.14. The molecule has 0 amide bonds. The van der Waals surface area contributed by atoms with E-state index in [0.29, 0.717) is 0 Å². The Labute approximate surface area is 134 Å². The van der Waals surface area contributed by atoms with Crippen LogP contribution in [0.1, 0.15) is 22.7 Å². The van der Waals surface area contributed by atoms with Crippen LogP contribution in [-0.4, -0.2) is 14.2 Å². The first-order valence-electron chi connectivity index (χ1n) is 6.77. The van der Waals surface area contributed by atoms with E-state index in [1.165, 1.54) is 5.56 Å². The summed E-state index contributed by atoms with van der Waals surface area (Å²) in [5.74, 6) is 1.65. The van der Waals surface area contributed by atoms with E-state index >= 15 is 0 Å². The molecule has 2 N–H and O–H groups in total. The molecule has 0 saturated heterocycles. The van der Waals surface area contributed by atoms with E-state index in [0.717, 1.165) is 33.5 Å². The first-order valence-corrected chi connectivity index (χ1v) is 7.57. The monoisotopic (exact) mass is 349 g/mol. The summed E-state index contributed by atoms with van der Waals surface area (Å²) in [6, 6.07) is 12.0. The third-order valence-electron chi connectivity index (χ3n) is 3.46. The van der Waals surface area contributed by atoms with E-state index in [4.69, 9.17) is 15.2 Å². The van der Waals surface area contributed by atoms with Gasteiger partial charge in [0.05, 0.1) is 18.7 Å². The van der Waals surface area contributed by atoms with Gasteiger partial charge >= 0.3 is 0 Å². The zero-order valence-electron chi connectivity index (χ0n) is 12.5. The van der Waals surface area contributed by atoms with E-state index in [-0.39, 0.29) is 6.04 Å². The summed E-state index contributed by atoms with van der Waals surface area (Å²) in [6.45, 7) is 2.06. The van der Waals surface area contributed by atoms with Crippen molar-refractivity contribution in [2.75, 3.05) is 14.2 Å². The highest BCUT2D eigenvalue weighted by atomic mass is 79.9. The van der Waals surface area contributed by atoms with Crippen LogP contribution in [0.15, 0.2) is 40.9 Å². The Morgan fingerprint density at radius 1 is 1.05 bits per heavy atom. The first kappa shape index (κ1) is 15.9. The fourth-order valence-corrected chi connectivity index (χ4v) is 2.93. The summed E-state index contributed by atoms with van der Waals surface area (Å²) in [4.78, 5) is 0. The zero-order chi connectivity index (χ0) is 15.4. The van der Waals surface area contributed by atoms with Gasteiger partial charge in [0, 0.05) is 11.6 Å². The van der Waals surface area contributed by atoms with Crippen LogP contribution < -0.4 is 15.2 Å². The topological polar surface area (TPSA) is 44.5 Å². The molecule has 2 rings (SSSR count). The van der Waals surface area contributed by atoms with Crippen molar-refractivity contribution in [3.63, 3.8) is 0 Å². The molecule has 0 heterocycles. The van der Waals surface area contributed by atoms with Gasteiger partial charge in [-0.15, -0.1) is 0 Å². The second-order valence-electron chi connectivity index (χ2n) is 5.02. The van der Waals surface area contributed by atoms with Gasteiger partial charge < -0.3 is 15.2 Å². The Morgan fingerprint density at radius 2 is 1.71 bits per heavy atom. The molecule has 2 aromatic rings. The molecule has 112 valence electrons. The van der Waals surface area contributed by atoms with Crippen LogP contribution in [0.2, 0.25) is 0 Å². The van der Waals surface area contributed by atoms with Crippen LogP contribution in [0, 0.1) is 6.92 Å². The van der Waals surface area contributed by atoms with Gasteiger partial charge in [-0.3, -0.25) is 0 Å². The minimum atomic E-state index is -0.111. The smallest absolute Gasteiger partial charge is 0.133 e. The predicted octanol–water partition coefficient (Wildman–Crippen LogP) is 4.02. The van der Waals surface area contributed by atoms with Crippen LogP contribution >= 0.6 is 15.9 Å². The number of hydrogen-bond acceptors (Lipinski definition) is 3. The molecular formula is C17H20BrNO2. The largest absolute Gasteiger partial charge is 0.496 e. The van der Waals surface area contributed by atoms with Crippen molar-refractivity contribution in [1.82, 2.24) is 0 Å². The highest BCUT2D eigenvalue weighted by Crippen LogP contribution is 2.30. The first-order chi connectivity index (χ1) is 10.0. The average molecular weight is 350 g/mol. The molecule has 0 radical (unpaired) electrons. The summed E-state index contributed by atoms with van der Waals surface area (Å²) in [5.41, 5.74) is 9.73. The van der Waals surface area contributed by atoms with Crippen molar-refractivity contribution in [1.29, 1.82) is 0 Å². The molecule has 0 aliphatic heterocycles. The number of halogens is 1. The Hall–Kier alpha value is -1.52. The molecule has 0 bridgehead atoms. The van der Waals surface area contributed by atoms with Crippen LogP contribution in [-0.2, 0) is 6.42 Å². The average Bonchev–Trinajstić information content (AvgIpc) is 2.47. The molecular weight excluding hydrogens is 330 g/mol. The van der Waals surface area contributed by atoms with Crippen LogP contribution in [0.3, 0.4) is 0 Å². The molecule has 4 heteroatoms. The third-order valence-corrected chi connectivity index (χ3v) is 4.08. The predicted molar refractivity (Wildman–Crippen MR) is 89.1 cm³/mol. The lowest BCUT2D eigenvalue weighted by atomic mass is 9.97. The molecule has 0 spiro atoms. The number of nitrogens with two attached hydrogens (primary N) is 1. The molecule has 0 saturated carbocycles. The van der Waals surface area contributed by atoms with E-state index in [2.05, 4.69) is 28.9 Å². The van der Waals surface area contributed by atoms with Gasteiger partial charge in [0.1, 0.15) is 11.5 Å². The van der Waals surface area contributed by atoms with Crippen molar-refractivity contribution >= 4 is 15.9 Å². The molecule has 0 aromatic heterocycles. The molecule has 3 nitrogen and oxygen atoms in total. The summed E-state index contributed by atoms with van der Waals surface area (Å²) < 4.78 is 11.6. The van der Waals surface area contributed by atoms with Crippen molar-refractivity contribution in [2.24, 2.45) is 5.73 Å². The summed E-state index contributed by atoms with van der Waals surface area (Å²) >= 11 is 3.50. The Balaban J connectivity index is 2.23. The molecule has 1 atom stereocenters. The summed E-state index contributed by atoms with van der Waals surface area (Å²) in [6.07, 6.45) is 0.738. The van der Waals surface area contributed by atoms with E-state index in [1.54, 1.807) is 14.2 Å². The summed E-state index contributed by atoms with van der Waals surface area (Å²) in [7, 11) is 3.33. The van der Waals surface area contributed by atoms with Crippen molar-refractivity contribution in [2.45, 2.75) is 19.4 Å². The van der Waals surface area contributed by atoms with Gasteiger partial charge in [-0.25, -0.2) is 0 Å². The van der Waals surface area contributed by atoms with Crippen molar-refractivity contribution in [3.05, 3.63) is 57.6 Å². The van der Waals surface area contributed by atoms with Crippen LogP contribution in [0.5, 0.6) is 11.5 Å². The molecule has 0 aliphatic carbocycles. The summed E-state index contributed by atoms with van der Waals surface area (Å²) in [5, 5.41) is 0. The Kier molecular flexibility index (Phi) is 5.26. The highest BCUT2D eigenvalue weighted by molar-refractivity contribution is 9.10. The van der Waals surface area contributed by atoms with Gasteiger partial charge in [-0.05, 0) is 53.0 Å². The highest BCUT2D eigenvalue weighted by Gasteiger charge is 2.13. The quantitative estimate of drug-likeness (QED) is 0.886. The van der Waals surface area contributed by atoms with Gasteiger partial charge in [0.25, 0.3) is 0 Å². The normalized spacial score (nSPS) is 12.0. The second-order valence-corrected chi connectivity index (χ2v) is 5.88. The Morgan fingerprint density at radius 3 is 2.33 bits per heavy atom. The van der Waals surface area contributed by atoms with Gasteiger partial charge in [0.2, 0.25) is 0 Å². The van der Waals surface area contributed by atoms with E-state index in [1.807, 2.05) is 30.3 Å². The molecule has 21 heavy (non-hydrogen) atoms. The van der Waals surface area contributed by atoms with Gasteiger partial charge in [-0.2, -0.15) is 0 Å². The minimum Gasteiger partial charge on any atom is -0.496 e. The van der Waals surface area contributed by atoms with E-state index < -0.39 is 0 Å². The fraction of sp³-hybridized carbons (Fsp3) is 0.294. The number of hydrogen-bond donors (Lipinski definition) is 1. The van der Waals surface area contributed by atoms with Crippen molar-refractivity contribution < 1.29 is 9.47 Å². The van der Waals surface area contributed by atoms with E-state index in [9.17, 15) is 0 Å². The third kappa shape index (κ3) is 3.77. The fourth-order valence-electron chi connectivity index (χ4n) is 2.34. The van der Waals surface area contributed by atoms with Gasteiger partial charge in [0.15, 0.2) is 0 Å². The maximum atomic E-state index is 6.37. The van der Waals surface area contributed by atoms with Crippen LogP contribution in [0.4, 0.5) is 0 Å². The molecule has 0 fully saturated rings. The van der Waals surface area contributed by atoms with Gasteiger partial charge in [-0.1, -0.05) is 23.8 Å².